The van der Waals surface area contributed by atoms with E-state index in [1.807, 2.05) is 91.9 Å². The lowest BCUT2D eigenvalue weighted by Crippen LogP contribution is -2.38. The third kappa shape index (κ3) is 10.3. The quantitative estimate of drug-likeness (QED) is 0.112. The molecule has 6 nitrogen and oxygen atoms in total. The van der Waals surface area contributed by atoms with Crippen LogP contribution in [0.4, 0.5) is 0 Å². The van der Waals surface area contributed by atoms with Crippen LogP contribution in [0.2, 0.25) is 0 Å². The minimum absolute atomic E-state index is 0.0926. The van der Waals surface area contributed by atoms with E-state index in [0.29, 0.717) is 11.1 Å². The Morgan fingerprint density at radius 2 is 1.10 bits per heavy atom. The number of unbranched alkanes of at least 4 members (excludes halogenated alkanes) is 2. The molecule has 0 saturated heterocycles. The van der Waals surface area contributed by atoms with Crippen LogP contribution >= 0.6 is 0 Å². The number of aryl methyl sites for hydroxylation is 1. The third-order valence-corrected chi connectivity index (χ3v) is 6.47. The Morgan fingerprint density at radius 3 is 1.66 bits per heavy atom. The smallest absolute Gasteiger partial charge is 0.266 e. The molecule has 0 aliphatic heterocycles. The van der Waals surface area contributed by atoms with Crippen molar-refractivity contribution in [1.29, 1.82) is 0 Å². The number of hydrogen-bond acceptors (Lipinski definition) is 4. The number of carbonyl (C=O) groups is 2. The highest BCUT2D eigenvalue weighted by atomic mass is 16.2. The van der Waals surface area contributed by atoms with Crippen LogP contribution in [0, 0.1) is 6.92 Å². The fourth-order valence-corrected chi connectivity index (χ4v) is 4.11. The molecule has 2 amide bonds. The van der Waals surface area contributed by atoms with Crippen molar-refractivity contribution >= 4 is 11.8 Å². The van der Waals surface area contributed by atoms with Gasteiger partial charge in [0, 0.05) is 24.2 Å². The van der Waals surface area contributed by atoms with Gasteiger partial charge in [-0.2, -0.15) is 0 Å². The first-order chi connectivity index (χ1) is 20.0. The van der Waals surface area contributed by atoms with Crippen molar-refractivity contribution in [3.63, 3.8) is 0 Å². The second-order valence-corrected chi connectivity index (χ2v) is 9.83. The van der Waals surface area contributed by atoms with Gasteiger partial charge in [0.2, 0.25) is 0 Å². The highest BCUT2D eigenvalue weighted by molar-refractivity contribution is 6.00. The number of hydrogen-bond donors (Lipinski definition) is 4. The van der Waals surface area contributed by atoms with Gasteiger partial charge in [-0.15, -0.1) is 0 Å². The lowest BCUT2D eigenvalue weighted by atomic mass is 9.97. The normalized spacial score (nSPS) is 10.3. The van der Waals surface area contributed by atoms with Crippen LogP contribution in [-0.4, -0.2) is 24.9 Å². The molecule has 4 rings (SSSR count). The van der Waals surface area contributed by atoms with Gasteiger partial charge < -0.3 is 0 Å². The summed E-state index contributed by atoms with van der Waals surface area (Å²) in [6.45, 7) is 7.86. The molecule has 0 aliphatic rings. The minimum atomic E-state index is -0.0966. The second kappa shape index (κ2) is 17.4. The highest BCUT2D eigenvalue weighted by Gasteiger charge is 2.12. The number of benzene rings is 4. The lowest BCUT2D eigenvalue weighted by molar-refractivity contribution is 0.0925. The molecule has 6 heteroatoms. The van der Waals surface area contributed by atoms with Crippen molar-refractivity contribution in [2.24, 2.45) is 0 Å². The monoisotopic (exact) mass is 550 g/mol. The van der Waals surface area contributed by atoms with Crippen molar-refractivity contribution in [3.8, 4) is 22.3 Å². The Morgan fingerprint density at radius 1 is 0.585 bits per heavy atom. The van der Waals surface area contributed by atoms with Gasteiger partial charge in [-0.05, 0) is 60.2 Å². The molecular formula is C35H42N4O2. The Labute approximate surface area is 244 Å². The van der Waals surface area contributed by atoms with Gasteiger partial charge in [-0.1, -0.05) is 117 Å². The van der Waals surface area contributed by atoms with Crippen LogP contribution in [0.3, 0.4) is 0 Å². The number of nitrogens with one attached hydrogen (secondary N) is 4. The SMILES string of the molecule is CCCCNNC(=O)c1ccc(-c2ccccc2)cc1.CCCCNNC(=O)c1ccc(C)cc1-c1ccccc1. The van der Waals surface area contributed by atoms with Crippen molar-refractivity contribution in [2.75, 3.05) is 13.1 Å². The Balaban J connectivity index is 0.000000226. The predicted octanol–water partition coefficient (Wildman–Crippen LogP) is 7.08. The number of amides is 2. The van der Waals surface area contributed by atoms with E-state index in [-0.39, 0.29) is 11.8 Å². The molecule has 0 aliphatic carbocycles. The summed E-state index contributed by atoms with van der Waals surface area (Å²) in [6.07, 6.45) is 4.30. The average molecular weight is 551 g/mol. The van der Waals surface area contributed by atoms with Gasteiger partial charge in [0.05, 0.1) is 0 Å². The van der Waals surface area contributed by atoms with E-state index < -0.39 is 0 Å². The second-order valence-electron chi connectivity index (χ2n) is 9.83. The summed E-state index contributed by atoms with van der Waals surface area (Å²) in [5.74, 6) is -0.189. The van der Waals surface area contributed by atoms with Crippen molar-refractivity contribution in [3.05, 3.63) is 120 Å². The van der Waals surface area contributed by atoms with E-state index in [1.165, 1.54) is 0 Å². The summed E-state index contributed by atoms with van der Waals surface area (Å²) in [5, 5.41) is 0. The van der Waals surface area contributed by atoms with Gasteiger partial charge in [-0.3, -0.25) is 20.4 Å². The number of hydrazine groups is 2. The molecular weight excluding hydrogens is 508 g/mol. The van der Waals surface area contributed by atoms with E-state index in [2.05, 4.69) is 53.7 Å². The molecule has 0 fully saturated rings. The number of rotatable bonds is 12. The maximum absolute atomic E-state index is 12.3. The summed E-state index contributed by atoms with van der Waals surface area (Å²) in [4.78, 5) is 24.2. The van der Waals surface area contributed by atoms with E-state index >= 15 is 0 Å². The summed E-state index contributed by atoms with van der Waals surface area (Å²) >= 11 is 0. The first-order valence-corrected chi connectivity index (χ1v) is 14.4. The zero-order valence-corrected chi connectivity index (χ0v) is 24.4. The molecule has 41 heavy (non-hydrogen) atoms. The summed E-state index contributed by atoms with van der Waals surface area (Å²) in [6, 6.07) is 33.6. The van der Waals surface area contributed by atoms with Gasteiger partial charge in [0.25, 0.3) is 11.8 Å². The molecule has 0 atom stereocenters. The lowest BCUT2D eigenvalue weighted by Gasteiger charge is -2.12. The molecule has 0 radical (unpaired) electrons. The summed E-state index contributed by atoms with van der Waals surface area (Å²) in [7, 11) is 0. The highest BCUT2D eigenvalue weighted by Crippen LogP contribution is 2.25. The van der Waals surface area contributed by atoms with Gasteiger partial charge in [0.1, 0.15) is 0 Å². The molecule has 214 valence electrons. The molecule has 0 spiro atoms. The first kappa shape index (κ1) is 31.3. The zero-order valence-electron chi connectivity index (χ0n) is 24.4. The summed E-state index contributed by atoms with van der Waals surface area (Å²) < 4.78 is 0. The zero-order chi connectivity index (χ0) is 29.3. The first-order valence-electron chi connectivity index (χ1n) is 14.4. The standard InChI is InChI=1S/C18H22N2O.C17H20N2O/c1-3-4-12-19-20-18(21)16-11-10-14(2)13-17(16)15-8-6-5-7-9-15;1-2-3-13-18-19-17(20)16-11-9-15(10-12-16)14-7-5-4-6-8-14/h5-11,13,19H,3-4,12H2,1-2H3,(H,20,21);4-12,18H,2-3,13H2,1H3,(H,19,20). The maximum atomic E-state index is 12.3. The van der Waals surface area contributed by atoms with Crippen molar-refractivity contribution in [2.45, 2.75) is 46.5 Å². The van der Waals surface area contributed by atoms with Crippen LogP contribution < -0.4 is 21.7 Å². The van der Waals surface area contributed by atoms with E-state index in [4.69, 9.17) is 0 Å². The molecule has 0 aromatic heterocycles. The fourth-order valence-electron chi connectivity index (χ4n) is 4.11. The van der Waals surface area contributed by atoms with Crippen LogP contribution in [0.25, 0.3) is 22.3 Å². The van der Waals surface area contributed by atoms with Crippen molar-refractivity contribution < 1.29 is 9.59 Å². The molecule has 0 unspecified atom stereocenters. The van der Waals surface area contributed by atoms with E-state index in [1.54, 1.807) is 0 Å². The minimum Gasteiger partial charge on any atom is -0.287 e. The van der Waals surface area contributed by atoms with Crippen LogP contribution in [0.5, 0.6) is 0 Å². The van der Waals surface area contributed by atoms with Crippen LogP contribution in [0.15, 0.2) is 103 Å². The molecule has 0 saturated carbocycles. The Kier molecular flexibility index (Phi) is 13.3. The van der Waals surface area contributed by atoms with Crippen LogP contribution in [-0.2, 0) is 0 Å². The van der Waals surface area contributed by atoms with Gasteiger partial charge >= 0.3 is 0 Å². The molecule has 0 bridgehead atoms. The van der Waals surface area contributed by atoms with E-state index in [0.717, 1.165) is 66.6 Å². The summed E-state index contributed by atoms with van der Waals surface area (Å²) in [5.41, 5.74) is 18.2. The molecule has 4 N–H and O–H groups in total. The topological polar surface area (TPSA) is 82.3 Å². The van der Waals surface area contributed by atoms with Gasteiger partial charge in [0.15, 0.2) is 0 Å². The van der Waals surface area contributed by atoms with Crippen molar-refractivity contribution in [1.82, 2.24) is 21.7 Å². The maximum Gasteiger partial charge on any atom is 0.266 e. The molecule has 0 heterocycles. The molecule has 4 aromatic carbocycles. The number of carbonyl (C=O) groups excluding carboxylic acids is 2. The van der Waals surface area contributed by atoms with E-state index in [9.17, 15) is 9.59 Å². The van der Waals surface area contributed by atoms with Crippen LogP contribution in [0.1, 0.15) is 65.8 Å². The fraction of sp³-hybridized carbons (Fsp3) is 0.257. The average Bonchev–Trinajstić information content (AvgIpc) is 3.02. The Bertz CT molecular complexity index is 1340. The largest absolute Gasteiger partial charge is 0.287 e. The molecule has 4 aromatic rings. The third-order valence-electron chi connectivity index (χ3n) is 6.47. The predicted molar refractivity (Wildman–Crippen MR) is 169 cm³/mol. The van der Waals surface area contributed by atoms with Gasteiger partial charge in [-0.25, -0.2) is 10.9 Å². The Hall–Kier alpha value is -4.26.